The molecule has 1 heterocycles. The molecule has 1 aliphatic rings. The number of nitrogens with two attached hydrogens (primary N) is 1. The molecular weight excluding hydrogens is 202 g/mol. The highest BCUT2D eigenvalue weighted by Gasteiger charge is 2.28. The lowest BCUT2D eigenvalue weighted by Crippen LogP contribution is -2.55. The van der Waals surface area contributed by atoms with Gasteiger partial charge in [-0.25, -0.2) is 0 Å². The normalized spacial score (nSPS) is 17.5. The van der Waals surface area contributed by atoms with Crippen molar-refractivity contribution in [2.24, 2.45) is 5.73 Å². The van der Waals surface area contributed by atoms with E-state index in [2.05, 4.69) is 12.2 Å². The van der Waals surface area contributed by atoms with Crippen LogP contribution in [-0.2, 0) is 9.59 Å². The Hall–Kier alpha value is -1.17. The van der Waals surface area contributed by atoms with Gasteiger partial charge in [-0.1, -0.05) is 12.2 Å². The molecule has 0 unspecified atom stereocenters. The molecule has 0 atom stereocenters. The smallest absolute Gasteiger partial charge is 0.243 e. The van der Waals surface area contributed by atoms with Gasteiger partial charge in [0.1, 0.15) is 6.54 Å². The maximum atomic E-state index is 11.5. The topological polar surface area (TPSA) is 66.6 Å². The molecular formula is C8H13N3O2S. The monoisotopic (exact) mass is 215 g/mol. The number of thiocarbonyl (C=S) groups is 1. The van der Waals surface area contributed by atoms with Gasteiger partial charge in [0.15, 0.2) is 0 Å². The molecule has 0 saturated carbocycles. The second kappa shape index (κ2) is 4.36. The van der Waals surface area contributed by atoms with Crippen LogP contribution >= 0.6 is 12.2 Å². The van der Waals surface area contributed by atoms with Gasteiger partial charge in [0.25, 0.3) is 0 Å². The van der Waals surface area contributed by atoms with Gasteiger partial charge in [-0.2, -0.15) is 0 Å². The van der Waals surface area contributed by atoms with Crippen LogP contribution in [0.5, 0.6) is 0 Å². The molecule has 0 bridgehead atoms. The van der Waals surface area contributed by atoms with Gasteiger partial charge in [-0.15, -0.1) is 0 Å². The van der Waals surface area contributed by atoms with Crippen molar-refractivity contribution in [2.75, 3.05) is 26.2 Å². The number of rotatable bonds is 3. The molecule has 2 N–H and O–H groups in total. The van der Waals surface area contributed by atoms with Crippen molar-refractivity contribution in [1.82, 2.24) is 9.80 Å². The number of hydrogen-bond acceptors (Lipinski definition) is 3. The quantitative estimate of drug-likeness (QED) is 0.611. The fourth-order valence-electron chi connectivity index (χ4n) is 1.32. The van der Waals surface area contributed by atoms with E-state index in [1.165, 1.54) is 9.80 Å². The molecule has 1 saturated heterocycles. The van der Waals surface area contributed by atoms with E-state index >= 15 is 0 Å². The van der Waals surface area contributed by atoms with E-state index in [0.717, 1.165) is 0 Å². The highest BCUT2D eigenvalue weighted by Crippen LogP contribution is 2.03. The summed E-state index contributed by atoms with van der Waals surface area (Å²) >= 11 is 4.68. The lowest BCUT2D eigenvalue weighted by Gasteiger charge is -2.32. The van der Waals surface area contributed by atoms with Crippen LogP contribution in [0.2, 0.25) is 0 Å². The lowest BCUT2D eigenvalue weighted by molar-refractivity contribution is -0.149. The average molecular weight is 215 g/mol. The van der Waals surface area contributed by atoms with Crippen LogP contribution in [0, 0.1) is 0 Å². The Morgan fingerprint density at radius 3 is 2.36 bits per heavy atom. The molecule has 6 heteroatoms. The number of carbonyl (C=O) groups is 2. The van der Waals surface area contributed by atoms with Crippen molar-refractivity contribution in [3.63, 3.8) is 0 Å². The first kappa shape index (κ1) is 10.9. The summed E-state index contributed by atoms with van der Waals surface area (Å²) < 4.78 is 0. The van der Waals surface area contributed by atoms with Crippen LogP contribution in [0.1, 0.15) is 6.92 Å². The molecule has 5 nitrogen and oxygen atoms in total. The van der Waals surface area contributed by atoms with Crippen LogP contribution in [0.25, 0.3) is 0 Å². The fraction of sp³-hybridized carbons (Fsp3) is 0.625. The van der Waals surface area contributed by atoms with E-state index in [9.17, 15) is 9.59 Å². The summed E-state index contributed by atoms with van der Waals surface area (Å²) in [7, 11) is 0. The maximum absolute atomic E-state index is 11.5. The second-order valence-electron chi connectivity index (χ2n) is 3.12. The minimum Gasteiger partial charge on any atom is -0.392 e. The molecule has 0 spiro atoms. The number of likely N-dealkylation sites (N-methyl/N-ethyl adjacent to an activating group) is 1. The fourth-order valence-corrected chi connectivity index (χ4v) is 1.48. The van der Waals surface area contributed by atoms with Crippen molar-refractivity contribution in [3.8, 4) is 0 Å². The van der Waals surface area contributed by atoms with Crippen molar-refractivity contribution < 1.29 is 9.59 Å². The summed E-state index contributed by atoms with van der Waals surface area (Å²) in [6.07, 6.45) is 0. The zero-order valence-electron chi connectivity index (χ0n) is 8.02. The summed E-state index contributed by atoms with van der Waals surface area (Å²) in [6.45, 7) is 2.82. The molecule has 78 valence electrons. The van der Waals surface area contributed by atoms with Gasteiger partial charge >= 0.3 is 0 Å². The Bertz CT molecular complexity index is 280. The maximum Gasteiger partial charge on any atom is 0.243 e. The van der Waals surface area contributed by atoms with Crippen molar-refractivity contribution in [3.05, 3.63) is 0 Å². The van der Waals surface area contributed by atoms with Crippen LogP contribution in [-0.4, -0.2) is 52.8 Å². The average Bonchev–Trinajstić information content (AvgIpc) is 2.10. The molecule has 0 radical (unpaired) electrons. The predicted octanol–water partition coefficient (Wildman–Crippen LogP) is -1.04. The highest BCUT2D eigenvalue weighted by atomic mass is 32.1. The number of piperazine rings is 1. The zero-order chi connectivity index (χ0) is 10.7. The van der Waals surface area contributed by atoms with Gasteiger partial charge in [0, 0.05) is 6.54 Å². The molecule has 1 aliphatic heterocycles. The number of amides is 2. The molecule has 0 aromatic heterocycles. The van der Waals surface area contributed by atoms with E-state index in [4.69, 9.17) is 5.73 Å². The van der Waals surface area contributed by atoms with Gasteiger partial charge in [-0.3, -0.25) is 9.59 Å². The summed E-state index contributed by atoms with van der Waals surface area (Å²) in [4.78, 5) is 26.0. The third-order valence-corrected chi connectivity index (χ3v) is 2.22. The molecule has 0 aliphatic carbocycles. The van der Waals surface area contributed by atoms with Crippen LogP contribution in [0.15, 0.2) is 0 Å². The minimum absolute atomic E-state index is 0.0525. The van der Waals surface area contributed by atoms with Gasteiger partial charge in [0.2, 0.25) is 11.8 Å². The van der Waals surface area contributed by atoms with Crippen LogP contribution in [0.3, 0.4) is 0 Å². The van der Waals surface area contributed by atoms with Crippen LogP contribution in [0.4, 0.5) is 0 Å². The Labute approximate surface area is 87.8 Å². The van der Waals surface area contributed by atoms with Gasteiger partial charge in [-0.05, 0) is 6.92 Å². The van der Waals surface area contributed by atoms with E-state index in [1.54, 1.807) is 0 Å². The second-order valence-corrected chi connectivity index (χ2v) is 3.65. The van der Waals surface area contributed by atoms with E-state index in [1.807, 2.05) is 6.92 Å². The van der Waals surface area contributed by atoms with Crippen molar-refractivity contribution >= 4 is 29.0 Å². The summed E-state index contributed by atoms with van der Waals surface area (Å²) in [5.41, 5.74) is 5.31. The van der Waals surface area contributed by atoms with Gasteiger partial charge < -0.3 is 15.5 Å². The third-order valence-electron chi connectivity index (χ3n) is 2.09. The van der Waals surface area contributed by atoms with E-state index < -0.39 is 0 Å². The number of hydrogen-bond donors (Lipinski definition) is 1. The number of carbonyl (C=O) groups excluding carboxylic acids is 2. The standard InChI is InChI=1S/C8H13N3O2S/c1-2-10-4-8(13)11(3-6(9)14)5-7(10)12/h2-5H2,1H3,(H2,9,14). The Morgan fingerprint density at radius 1 is 1.36 bits per heavy atom. The SMILES string of the molecule is CCN1CC(=O)N(CC(N)=S)CC1=O. The Balaban J connectivity index is 2.62. The summed E-state index contributed by atoms with van der Waals surface area (Å²) in [5, 5.41) is 0. The molecule has 2 amide bonds. The molecule has 1 rings (SSSR count). The molecule has 14 heavy (non-hydrogen) atoms. The molecule has 1 fully saturated rings. The van der Waals surface area contributed by atoms with Crippen molar-refractivity contribution in [1.29, 1.82) is 0 Å². The molecule has 0 aromatic rings. The Kier molecular flexibility index (Phi) is 3.40. The third kappa shape index (κ3) is 2.41. The van der Waals surface area contributed by atoms with E-state index in [-0.39, 0.29) is 36.4 Å². The lowest BCUT2D eigenvalue weighted by atomic mass is 10.3. The largest absolute Gasteiger partial charge is 0.392 e. The molecule has 0 aromatic carbocycles. The van der Waals surface area contributed by atoms with Crippen LogP contribution < -0.4 is 5.73 Å². The first-order valence-corrected chi connectivity index (χ1v) is 4.79. The minimum atomic E-state index is -0.0979. The van der Waals surface area contributed by atoms with E-state index in [0.29, 0.717) is 6.54 Å². The summed E-state index contributed by atoms with van der Waals surface area (Å²) in [5.74, 6) is -0.150. The highest BCUT2D eigenvalue weighted by molar-refractivity contribution is 7.80. The zero-order valence-corrected chi connectivity index (χ0v) is 8.84. The van der Waals surface area contributed by atoms with Crippen molar-refractivity contribution in [2.45, 2.75) is 6.92 Å². The number of nitrogens with zero attached hydrogens (tertiary/aromatic N) is 2. The predicted molar refractivity (Wildman–Crippen MR) is 55.6 cm³/mol. The van der Waals surface area contributed by atoms with Gasteiger partial charge in [0.05, 0.1) is 18.1 Å². The summed E-state index contributed by atoms with van der Waals surface area (Å²) in [6, 6.07) is 0. The first-order chi connectivity index (χ1) is 6.54. The first-order valence-electron chi connectivity index (χ1n) is 4.38. The Morgan fingerprint density at radius 2 is 1.86 bits per heavy atom.